The Kier molecular flexibility index (Phi) is 6.21. The maximum atomic E-state index is 11.7. The molecule has 0 saturated carbocycles. The minimum absolute atomic E-state index is 0.0260. The summed E-state index contributed by atoms with van der Waals surface area (Å²) in [5.41, 5.74) is -0.0287. The van der Waals surface area contributed by atoms with Crippen molar-refractivity contribution in [1.29, 1.82) is 0 Å². The molecular formula is C13H30O3PSi+. The normalized spacial score (nSPS) is 16.6. The maximum Gasteiger partial charge on any atom is 0.510 e. The molecule has 0 rings (SSSR count). The van der Waals surface area contributed by atoms with E-state index in [4.69, 9.17) is 8.95 Å². The average Bonchev–Trinajstić information content (AvgIpc) is 2.12. The van der Waals surface area contributed by atoms with Gasteiger partial charge in [0.2, 0.25) is 6.16 Å². The van der Waals surface area contributed by atoms with Crippen LogP contribution in [0.2, 0.25) is 18.1 Å². The third-order valence-electron chi connectivity index (χ3n) is 3.73. The van der Waals surface area contributed by atoms with Gasteiger partial charge < -0.3 is 4.43 Å². The van der Waals surface area contributed by atoms with E-state index < -0.39 is 16.3 Å². The molecule has 0 radical (unpaired) electrons. The molecule has 18 heavy (non-hydrogen) atoms. The van der Waals surface area contributed by atoms with Gasteiger partial charge in [0.15, 0.2) is 8.32 Å². The van der Waals surface area contributed by atoms with Crippen molar-refractivity contribution in [3.63, 3.8) is 0 Å². The SMILES string of the molecule is CO[P+](=O)CC(O[Si](C)(C)C(C)(C)C)C(C)(C)C. The van der Waals surface area contributed by atoms with Crippen molar-refractivity contribution >= 4 is 16.3 Å². The van der Waals surface area contributed by atoms with Crippen molar-refractivity contribution in [1.82, 2.24) is 0 Å². The van der Waals surface area contributed by atoms with Gasteiger partial charge in [-0.25, -0.2) is 0 Å². The van der Waals surface area contributed by atoms with Gasteiger partial charge in [-0.3, -0.25) is 0 Å². The summed E-state index contributed by atoms with van der Waals surface area (Å²) in [7, 11) is -1.97. The Morgan fingerprint density at radius 2 is 1.56 bits per heavy atom. The van der Waals surface area contributed by atoms with E-state index >= 15 is 0 Å². The van der Waals surface area contributed by atoms with E-state index in [0.29, 0.717) is 6.16 Å². The summed E-state index contributed by atoms with van der Waals surface area (Å²) in [6, 6.07) is 0. The Hall–Kier alpha value is 0.237. The van der Waals surface area contributed by atoms with Crippen LogP contribution in [0.4, 0.5) is 0 Å². The van der Waals surface area contributed by atoms with Crippen molar-refractivity contribution in [2.75, 3.05) is 13.3 Å². The molecule has 0 aliphatic rings. The van der Waals surface area contributed by atoms with Gasteiger partial charge in [0.25, 0.3) is 0 Å². The minimum Gasteiger partial charge on any atom is -0.409 e. The maximum absolute atomic E-state index is 11.7. The van der Waals surface area contributed by atoms with Crippen molar-refractivity contribution in [2.24, 2.45) is 5.41 Å². The highest BCUT2D eigenvalue weighted by atomic mass is 31.1. The topological polar surface area (TPSA) is 35.5 Å². The van der Waals surface area contributed by atoms with Gasteiger partial charge in [-0.05, 0) is 28.1 Å². The highest BCUT2D eigenvalue weighted by Gasteiger charge is 2.44. The molecule has 0 aromatic carbocycles. The Balaban J connectivity index is 4.98. The molecule has 3 nitrogen and oxygen atoms in total. The fourth-order valence-corrected chi connectivity index (χ4v) is 3.91. The summed E-state index contributed by atoms with van der Waals surface area (Å²) in [6.07, 6.45) is 0.448. The molecule has 0 N–H and O–H groups in total. The molecule has 0 saturated heterocycles. The standard InChI is InChI=1S/C13H30O3PSi/c1-12(2,3)11(10-17(14)15-7)16-18(8,9)13(4,5)6/h11H,10H2,1-9H3/q+1. The van der Waals surface area contributed by atoms with Crippen LogP contribution < -0.4 is 0 Å². The number of rotatable bonds is 5. The first-order chi connectivity index (χ1) is 7.81. The molecule has 0 heterocycles. The molecule has 5 heteroatoms. The van der Waals surface area contributed by atoms with E-state index in [9.17, 15) is 4.57 Å². The van der Waals surface area contributed by atoms with Gasteiger partial charge >= 0.3 is 8.03 Å². The molecule has 108 valence electrons. The van der Waals surface area contributed by atoms with Crippen LogP contribution in [0, 0.1) is 5.41 Å². The van der Waals surface area contributed by atoms with E-state index in [1.165, 1.54) is 7.11 Å². The van der Waals surface area contributed by atoms with Crippen LogP contribution >= 0.6 is 8.03 Å². The summed E-state index contributed by atoms with van der Waals surface area (Å²) in [5.74, 6) is 0. The molecule has 0 bridgehead atoms. The van der Waals surface area contributed by atoms with E-state index in [1.54, 1.807) is 0 Å². The van der Waals surface area contributed by atoms with Crippen LogP contribution in [-0.4, -0.2) is 27.7 Å². The first kappa shape index (κ1) is 18.2. The molecule has 0 aromatic heterocycles. The van der Waals surface area contributed by atoms with Crippen LogP contribution in [-0.2, 0) is 13.5 Å². The van der Waals surface area contributed by atoms with Crippen LogP contribution in [0.15, 0.2) is 0 Å². The second kappa shape index (κ2) is 6.13. The van der Waals surface area contributed by atoms with Crippen LogP contribution in [0.5, 0.6) is 0 Å². The lowest BCUT2D eigenvalue weighted by atomic mass is 9.90. The van der Waals surface area contributed by atoms with E-state index in [2.05, 4.69) is 54.6 Å². The van der Waals surface area contributed by atoms with Crippen LogP contribution in [0.25, 0.3) is 0 Å². The molecule has 0 fully saturated rings. The van der Waals surface area contributed by atoms with E-state index in [1.807, 2.05) is 0 Å². The Morgan fingerprint density at radius 1 is 1.11 bits per heavy atom. The molecule has 0 spiro atoms. The zero-order valence-electron chi connectivity index (χ0n) is 13.5. The van der Waals surface area contributed by atoms with Gasteiger partial charge in [-0.2, -0.15) is 0 Å². The minimum atomic E-state index is -1.84. The molecular weight excluding hydrogens is 263 g/mol. The molecule has 2 unspecified atom stereocenters. The van der Waals surface area contributed by atoms with Gasteiger partial charge in [0.1, 0.15) is 0 Å². The number of hydrogen-bond acceptors (Lipinski definition) is 3. The third kappa shape index (κ3) is 5.48. The zero-order chi connectivity index (χ0) is 14.8. The van der Waals surface area contributed by atoms with Gasteiger partial charge in [0, 0.05) is 0 Å². The Morgan fingerprint density at radius 3 is 1.83 bits per heavy atom. The first-order valence-electron chi connectivity index (χ1n) is 6.48. The monoisotopic (exact) mass is 293 g/mol. The van der Waals surface area contributed by atoms with Crippen LogP contribution in [0.3, 0.4) is 0 Å². The molecule has 0 aliphatic carbocycles. The third-order valence-corrected chi connectivity index (χ3v) is 9.25. The van der Waals surface area contributed by atoms with Crippen molar-refractivity contribution in [2.45, 2.75) is 65.8 Å². The largest absolute Gasteiger partial charge is 0.510 e. The van der Waals surface area contributed by atoms with Crippen molar-refractivity contribution < 1.29 is 13.5 Å². The zero-order valence-corrected chi connectivity index (χ0v) is 15.4. The number of hydrogen-bond donors (Lipinski definition) is 0. The van der Waals surface area contributed by atoms with Gasteiger partial charge in [0.05, 0.1) is 13.2 Å². The van der Waals surface area contributed by atoms with Gasteiger partial charge in [-0.15, -0.1) is 4.52 Å². The Bertz CT molecular complexity index is 290. The summed E-state index contributed by atoms with van der Waals surface area (Å²) in [6.45, 7) is 17.5. The average molecular weight is 293 g/mol. The van der Waals surface area contributed by atoms with Crippen molar-refractivity contribution in [3.8, 4) is 0 Å². The fraction of sp³-hybridized carbons (Fsp3) is 1.00. The predicted molar refractivity (Wildman–Crippen MR) is 81.0 cm³/mol. The first-order valence-corrected chi connectivity index (χ1v) is 10.7. The molecule has 2 atom stereocenters. The lowest BCUT2D eigenvalue weighted by Gasteiger charge is -2.41. The second-order valence-corrected chi connectivity index (χ2v) is 13.6. The molecule has 0 amide bonds. The summed E-state index contributed by atoms with van der Waals surface area (Å²) in [5, 5.41) is 0.162. The lowest BCUT2D eigenvalue weighted by Crippen LogP contribution is -2.48. The van der Waals surface area contributed by atoms with E-state index in [0.717, 1.165) is 0 Å². The highest BCUT2D eigenvalue weighted by Crippen LogP contribution is 2.41. The smallest absolute Gasteiger partial charge is 0.409 e. The summed E-state index contributed by atoms with van der Waals surface area (Å²) < 4.78 is 23.0. The van der Waals surface area contributed by atoms with Crippen molar-refractivity contribution in [3.05, 3.63) is 0 Å². The van der Waals surface area contributed by atoms with Crippen LogP contribution in [0.1, 0.15) is 41.5 Å². The summed E-state index contributed by atoms with van der Waals surface area (Å²) >= 11 is 0. The fourth-order valence-electron chi connectivity index (χ4n) is 1.23. The van der Waals surface area contributed by atoms with E-state index in [-0.39, 0.29) is 16.6 Å². The quantitative estimate of drug-likeness (QED) is 0.539. The second-order valence-electron chi connectivity index (χ2n) is 7.43. The highest BCUT2D eigenvalue weighted by molar-refractivity contribution is 7.39. The summed E-state index contributed by atoms with van der Waals surface area (Å²) in [4.78, 5) is 0. The molecule has 0 aromatic rings. The predicted octanol–water partition coefficient (Wildman–Crippen LogP) is 4.81. The Labute approximate surface area is 115 Å². The molecule has 0 aliphatic heterocycles. The lowest BCUT2D eigenvalue weighted by molar-refractivity contribution is 0.0901. The van der Waals surface area contributed by atoms with Gasteiger partial charge in [-0.1, -0.05) is 41.5 Å².